The van der Waals surface area contributed by atoms with Gasteiger partial charge in [0.1, 0.15) is 0 Å². The molecule has 0 aromatic rings. The Kier molecular flexibility index (Phi) is 8.70. The molecular formula is C18H36N4OS. The van der Waals surface area contributed by atoms with E-state index in [1.807, 2.05) is 0 Å². The van der Waals surface area contributed by atoms with Crippen molar-refractivity contribution in [2.75, 3.05) is 58.7 Å². The van der Waals surface area contributed by atoms with E-state index in [1.165, 1.54) is 44.5 Å². The minimum absolute atomic E-state index is 0.342. The zero-order valence-electron chi connectivity index (χ0n) is 15.8. The number of guanidine groups is 1. The number of hydrogen-bond acceptors (Lipinski definition) is 4. The monoisotopic (exact) mass is 356 g/mol. The summed E-state index contributed by atoms with van der Waals surface area (Å²) >= 11 is 2.08. The minimum Gasteiger partial charge on any atom is -0.383 e. The van der Waals surface area contributed by atoms with Gasteiger partial charge in [0, 0.05) is 31.5 Å². The number of hydrogen-bond donors (Lipinski definition) is 2. The van der Waals surface area contributed by atoms with Crippen molar-refractivity contribution in [2.24, 2.45) is 10.9 Å². The van der Waals surface area contributed by atoms with Crippen LogP contribution in [0.15, 0.2) is 4.99 Å². The second-order valence-corrected chi connectivity index (χ2v) is 8.94. The molecule has 2 aliphatic rings. The van der Waals surface area contributed by atoms with E-state index in [0.29, 0.717) is 4.75 Å². The van der Waals surface area contributed by atoms with Crippen molar-refractivity contribution >= 4 is 17.7 Å². The lowest BCUT2D eigenvalue weighted by Crippen LogP contribution is -2.43. The summed E-state index contributed by atoms with van der Waals surface area (Å²) in [5, 5.41) is 6.98. The van der Waals surface area contributed by atoms with Gasteiger partial charge in [-0.3, -0.25) is 4.99 Å². The average molecular weight is 357 g/mol. The zero-order valence-corrected chi connectivity index (χ0v) is 16.6. The predicted octanol–water partition coefficient (Wildman–Crippen LogP) is 2.19. The van der Waals surface area contributed by atoms with Gasteiger partial charge in [-0.1, -0.05) is 0 Å². The van der Waals surface area contributed by atoms with Crippen molar-refractivity contribution in [3.05, 3.63) is 0 Å². The van der Waals surface area contributed by atoms with E-state index in [2.05, 4.69) is 41.1 Å². The molecule has 1 unspecified atom stereocenters. The van der Waals surface area contributed by atoms with Gasteiger partial charge in [-0.25, -0.2) is 0 Å². The van der Waals surface area contributed by atoms with Gasteiger partial charge in [-0.15, -0.1) is 0 Å². The predicted molar refractivity (Wildman–Crippen MR) is 105 cm³/mol. The van der Waals surface area contributed by atoms with Crippen LogP contribution in [0.1, 0.15) is 39.5 Å². The number of thioether (sulfide) groups is 1. The third kappa shape index (κ3) is 6.81. The molecule has 0 radical (unpaired) electrons. The van der Waals surface area contributed by atoms with Crippen LogP contribution in [0.5, 0.6) is 0 Å². The molecule has 2 heterocycles. The van der Waals surface area contributed by atoms with Crippen LogP contribution in [0.4, 0.5) is 0 Å². The maximum Gasteiger partial charge on any atom is 0.191 e. The summed E-state index contributed by atoms with van der Waals surface area (Å²) in [4.78, 5) is 7.37. The third-order valence-corrected chi connectivity index (χ3v) is 6.62. The number of rotatable bonds is 8. The molecule has 0 amide bonds. The number of likely N-dealkylation sites (tertiary alicyclic amines) is 1. The summed E-state index contributed by atoms with van der Waals surface area (Å²) in [6.07, 6.45) is 5.16. The molecule has 5 nitrogen and oxygen atoms in total. The summed E-state index contributed by atoms with van der Waals surface area (Å²) < 4.78 is 5.52. The first kappa shape index (κ1) is 19.9. The lowest BCUT2D eigenvalue weighted by Gasteiger charge is -2.32. The number of methoxy groups -OCH3 is 1. The molecule has 2 aliphatic heterocycles. The van der Waals surface area contributed by atoms with Gasteiger partial charge >= 0.3 is 0 Å². The van der Waals surface area contributed by atoms with Crippen molar-refractivity contribution in [1.29, 1.82) is 0 Å². The van der Waals surface area contributed by atoms with Crippen LogP contribution >= 0.6 is 11.8 Å². The molecule has 2 saturated heterocycles. The quantitative estimate of drug-likeness (QED) is 0.516. The molecule has 2 N–H and O–H groups in total. The van der Waals surface area contributed by atoms with E-state index in [4.69, 9.17) is 9.73 Å². The lowest BCUT2D eigenvalue weighted by molar-refractivity contribution is 0.121. The average Bonchev–Trinajstić information content (AvgIpc) is 3.03. The van der Waals surface area contributed by atoms with Crippen LogP contribution in [-0.4, -0.2) is 74.3 Å². The van der Waals surface area contributed by atoms with Crippen molar-refractivity contribution in [2.45, 2.75) is 44.3 Å². The second kappa shape index (κ2) is 10.5. The molecule has 0 spiro atoms. The Morgan fingerprint density at radius 1 is 1.33 bits per heavy atom. The molecule has 6 heteroatoms. The van der Waals surface area contributed by atoms with Gasteiger partial charge in [0.05, 0.1) is 13.2 Å². The standard InChI is InChI=1S/C18H36N4OS/c1-4-19-17(21-15-18(2)8-5-13-24-18)20-14-16-6-9-22(10-7-16)11-12-23-3/h16H,4-15H2,1-3H3,(H2,19,20,21). The molecule has 0 aliphatic carbocycles. The lowest BCUT2D eigenvalue weighted by atomic mass is 9.97. The van der Waals surface area contributed by atoms with E-state index in [9.17, 15) is 0 Å². The number of nitrogens with zero attached hydrogens (tertiary/aromatic N) is 2. The SMILES string of the molecule is CCNC(=NCC1(C)CCCS1)NCC1CCN(CCOC)CC1. The van der Waals surface area contributed by atoms with E-state index < -0.39 is 0 Å². The molecule has 2 rings (SSSR count). The van der Waals surface area contributed by atoms with Crippen LogP contribution in [0.3, 0.4) is 0 Å². The fourth-order valence-corrected chi connectivity index (χ4v) is 4.65. The van der Waals surface area contributed by atoms with E-state index >= 15 is 0 Å². The van der Waals surface area contributed by atoms with Crippen molar-refractivity contribution in [1.82, 2.24) is 15.5 Å². The molecule has 140 valence electrons. The molecule has 1 atom stereocenters. The van der Waals surface area contributed by atoms with Crippen LogP contribution in [0, 0.1) is 5.92 Å². The molecule has 24 heavy (non-hydrogen) atoms. The van der Waals surface area contributed by atoms with Crippen LogP contribution in [0.2, 0.25) is 0 Å². The summed E-state index contributed by atoms with van der Waals surface area (Å²) in [7, 11) is 1.78. The van der Waals surface area contributed by atoms with Gasteiger partial charge in [-0.2, -0.15) is 11.8 Å². The maximum absolute atomic E-state index is 5.17. The number of ether oxygens (including phenoxy) is 1. The molecule has 0 saturated carbocycles. The Bertz CT molecular complexity index is 377. The van der Waals surface area contributed by atoms with Gasteiger partial charge in [0.2, 0.25) is 0 Å². The molecule has 0 bridgehead atoms. The van der Waals surface area contributed by atoms with Crippen molar-refractivity contribution in [3.63, 3.8) is 0 Å². The Hall–Kier alpha value is -0.460. The molecule has 0 aromatic carbocycles. The van der Waals surface area contributed by atoms with Gasteiger partial charge in [0.15, 0.2) is 5.96 Å². The normalized spacial score (nSPS) is 26.7. The zero-order chi connectivity index (χ0) is 17.3. The Balaban J connectivity index is 1.71. The van der Waals surface area contributed by atoms with E-state index in [0.717, 1.165) is 44.7 Å². The Morgan fingerprint density at radius 3 is 2.75 bits per heavy atom. The van der Waals surface area contributed by atoms with E-state index in [-0.39, 0.29) is 0 Å². The first-order valence-corrected chi connectivity index (χ1v) is 10.5. The van der Waals surface area contributed by atoms with E-state index in [1.54, 1.807) is 7.11 Å². The highest BCUT2D eigenvalue weighted by Gasteiger charge is 2.29. The molecule has 2 fully saturated rings. The first-order valence-electron chi connectivity index (χ1n) is 9.52. The first-order chi connectivity index (χ1) is 11.6. The Morgan fingerprint density at radius 2 is 2.12 bits per heavy atom. The highest BCUT2D eigenvalue weighted by atomic mass is 32.2. The molecule has 0 aromatic heterocycles. The van der Waals surface area contributed by atoms with Crippen LogP contribution in [-0.2, 0) is 4.74 Å². The van der Waals surface area contributed by atoms with Crippen LogP contribution < -0.4 is 10.6 Å². The summed E-state index contributed by atoms with van der Waals surface area (Å²) in [6.45, 7) is 11.7. The number of piperidine rings is 1. The summed E-state index contributed by atoms with van der Waals surface area (Å²) in [6, 6.07) is 0. The van der Waals surface area contributed by atoms with Gasteiger partial charge in [0.25, 0.3) is 0 Å². The molecular weight excluding hydrogens is 320 g/mol. The highest BCUT2D eigenvalue weighted by Crippen LogP contribution is 2.37. The number of aliphatic imine (C=N–C) groups is 1. The Labute approximate surface area is 152 Å². The maximum atomic E-state index is 5.17. The topological polar surface area (TPSA) is 48.9 Å². The van der Waals surface area contributed by atoms with Crippen molar-refractivity contribution in [3.8, 4) is 0 Å². The van der Waals surface area contributed by atoms with Gasteiger partial charge < -0.3 is 20.3 Å². The smallest absolute Gasteiger partial charge is 0.191 e. The fourth-order valence-electron chi connectivity index (χ4n) is 3.43. The second-order valence-electron chi connectivity index (χ2n) is 7.26. The number of nitrogens with one attached hydrogen (secondary N) is 2. The van der Waals surface area contributed by atoms with Crippen LogP contribution in [0.25, 0.3) is 0 Å². The van der Waals surface area contributed by atoms with Gasteiger partial charge in [-0.05, 0) is 64.3 Å². The summed E-state index contributed by atoms with van der Waals surface area (Å²) in [5.74, 6) is 3.04. The van der Waals surface area contributed by atoms with Crippen molar-refractivity contribution < 1.29 is 4.74 Å². The highest BCUT2D eigenvalue weighted by molar-refractivity contribution is 8.00. The summed E-state index contributed by atoms with van der Waals surface area (Å²) in [5.41, 5.74) is 0. The third-order valence-electron chi connectivity index (χ3n) is 5.09. The largest absolute Gasteiger partial charge is 0.383 e. The minimum atomic E-state index is 0.342. The fraction of sp³-hybridized carbons (Fsp3) is 0.944.